The number of hydrogen-bond acceptors (Lipinski definition) is 2. The molecule has 0 atom stereocenters. The Morgan fingerprint density at radius 3 is 2.78 bits per heavy atom. The van der Waals surface area contributed by atoms with E-state index in [0.29, 0.717) is 6.54 Å². The van der Waals surface area contributed by atoms with Gasteiger partial charge in [-0.2, -0.15) is 4.39 Å². The number of amides is 1. The predicted octanol–water partition coefficient (Wildman–Crippen LogP) is 2.92. The quantitative estimate of drug-likeness (QED) is 0.838. The molecular weight excluding hydrogens is 231 g/mol. The lowest BCUT2D eigenvalue weighted by Gasteiger charge is -2.33. The van der Waals surface area contributed by atoms with Gasteiger partial charge in [-0.15, -0.1) is 0 Å². The van der Waals surface area contributed by atoms with E-state index in [2.05, 4.69) is 17.2 Å². The first-order valence-corrected chi connectivity index (χ1v) is 6.50. The number of nitrogens with zero attached hydrogens (tertiary/aromatic N) is 1. The molecule has 98 valence electrons. The van der Waals surface area contributed by atoms with E-state index in [0.717, 1.165) is 12.8 Å². The zero-order chi connectivity index (χ0) is 13.0. The zero-order valence-electron chi connectivity index (χ0n) is 10.7. The molecule has 18 heavy (non-hydrogen) atoms. The van der Waals surface area contributed by atoms with Gasteiger partial charge in [-0.1, -0.05) is 32.3 Å². The summed E-state index contributed by atoms with van der Waals surface area (Å²) in [5.41, 5.74) is 0.329. The number of hydrogen-bond donors (Lipinski definition) is 1. The number of pyridine rings is 1. The van der Waals surface area contributed by atoms with E-state index in [9.17, 15) is 9.18 Å². The standard InChI is InChI=1S/C14H19FN2O/c1-14(8-3-2-4-9-14)10-16-13(18)11-6-5-7-12(15)17-11/h5-7H,2-4,8-10H2,1H3,(H,16,18). The lowest BCUT2D eigenvalue weighted by molar-refractivity contribution is 0.0913. The summed E-state index contributed by atoms with van der Waals surface area (Å²) in [6.45, 7) is 2.84. The van der Waals surface area contributed by atoms with Crippen molar-refractivity contribution in [3.8, 4) is 0 Å². The van der Waals surface area contributed by atoms with E-state index >= 15 is 0 Å². The second-order valence-electron chi connectivity index (χ2n) is 5.40. The van der Waals surface area contributed by atoms with E-state index in [1.807, 2.05) is 0 Å². The van der Waals surface area contributed by atoms with Crippen LogP contribution in [0.4, 0.5) is 4.39 Å². The van der Waals surface area contributed by atoms with Crippen molar-refractivity contribution in [3.05, 3.63) is 29.8 Å². The highest BCUT2D eigenvalue weighted by Crippen LogP contribution is 2.34. The minimum absolute atomic E-state index is 0.148. The first kappa shape index (κ1) is 13.0. The normalized spacial score (nSPS) is 18.3. The molecule has 1 aromatic heterocycles. The smallest absolute Gasteiger partial charge is 0.270 e. The van der Waals surface area contributed by atoms with Crippen LogP contribution in [0.1, 0.15) is 49.5 Å². The van der Waals surface area contributed by atoms with Crippen LogP contribution in [0.5, 0.6) is 0 Å². The van der Waals surface area contributed by atoms with Crippen LogP contribution in [-0.4, -0.2) is 17.4 Å². The van der Waals surface area contributed by atoms with E-state index < -0.39 is 5.95 Å². The number of aromatic nitrogens is 1. The van der Waals surface area contributed by atoms with Crippen molar-refractivity contribution in [2.45, 2.75) is 39.0 Å². The third-order valence-electron chi connectivity index (χ3n) is 3.68. The molecule has 1 saturated carbocycles. The number of carbonyl (C=O) groups excluding carboxylic acids is 1. The minimum atomic E-state index is -0.619. The Hall–Kier alpha value is -1.45. The van der Waals surface area contributed by atoms with Crippen molar-refractivity contribution in [2.75, 3.05) is 6.54 Å². The average Bonchev–Trinajstić information content (AvgIpc) is 2.37. The number of carbonyl (C=O) groups is 1. The van der Waals surface area contributed by atoms with E-state index in [1.165, 1.54) is 37.5 Å². The Bertz CT molecular complexity index is 428. The fraction of sp³-hybridized carbons (Fsp3) is 0.571. The Morgan fingerprint density at radius 2 is 2.11 bits per heavy atom. The highest BCUT2D eigenvalue weighted by atomic mass is 19.1. The van der Waals surface area contributed by atoms with E-state index in [1.54, 1.807) is 0 Å². The molecule has 1 heterocycles. The van der Waals surface area contributed by atoms with Crippen molar-refractivity contribution < 1.29 is 9.18 Å². The first-order valence-electron chi connectivity index (χ1n) is 6.50. The summed E-state index contributed by atoms with van der Waals surface area (Å²) in [6, 6.07) is 4.26. The lowest BCUT2D eigenvalue weighted by atomic mass is 9.76. The number of rotatable bonds is 3. The summed E-state index contributed by atoms with van der Waals surface area (Å²) in [6.07, 6.45) is 6.03. The predicted molar refractivity (Wildman–Crippen MR) is 67.7 cm³/mol. The molecule has 1 N–H and O–H groups in total. The van der Waals surface area contributed by atoms with Gasteiger partial charge in [-0.25, -0.2) is 4.98 Å². The topological polar surface area (TPSA) is 42.0 Å². The van der Waals surface area contributed by atoms with Gasteiger partial charge in [0.1, 0.15) is 5.69 Å². The van der Waals surface area contributed by atoms with Gasteiger partial charge in [0.25, 0.3) is 5.91 Å². The van der Waals surface area contributed by atoms with Gasteiger partial charge in [0.05, 0.1) is 0 Å². The lowest BCUT2D eigenvalue weighted by Crippen LogP contribution is -2.37. The van der Waals surface area contributed by atoms with E-state index in [4.69, 9.17) is 0 Å². The maximum Gasteiger partial charge on any atom is 0.270 e. The maximum atomic E-state index is 12.9. The zero-order valence-corrected chi connectivity index (χ0v) is 10.7. The molecule has 0 bridgehead atoms. The van der Waals surface area contributed by atoms with Gasteiger partial charge in [-0.3, -0.25) is 4.79 Å². The number of halogens is 1. The second-order valence-corrected chi connectivity index (χ2v) is 5.40. The molecule has 4 heteroatoms. The SMILES string of the molecule is CC1(CNC(=O)c2cccc(F)n2)CCCCC1. The van der Waals surface area contributed by atoms with Crippen LogP contribution in [0.3, 0.4) is 0 Å². The Morgan fingerprint density at radius 1 is 1.39 bits per heavy atom. The van der Waals surface area contributed by atoms with Crippen molar-refractivity contribution in [2.24, 2.45) is 5.41 Å². The van der Waals surface area contributed by atoms with Crippen LogP contribution in [0.25, 0.3) is 0 Å². The summed E-state index contributed by atoms with van der Waals surface area (Å²) >= 11 is 0. The van der Waals surface area contributed by atoms with Gasteiger partial charge in [-0.05, 0) is 30.4 Å². The summed E-state index contributed by atoms with van der Waals surface area (Å²) in [5.74, 6) is -0.909. The van der Waals surface area contributed by atoms with Gasteiger partial charge in [0, 0.05) is 6.54 Å². The molecule has 0 spiro atoms. The molecule has 1 aliphatic rings. The van der Waals surface area contributed by atoms with Gasteiger partial charge < -0.3 is 5.32 Å². The van der Waals surface area contributed by atoms with E-state index in [-0.39, 0.29) is 17.0 Å². The van der Waals surface area contributed by atoms with Gasteiger partial charge in [0.15, 0.2) is 0 Å². The van der Waals surface area contributed by atoms with Crippen LogP contribution in [0, 0.1) is 11.4 Å². The third-order valence-corrected chi connectivity index (χ3v) is 3.68. The third kappa shape index (κ3) is 3.28. The minimum Gasteiger partial charge on any atom is -0.350 e. The van der Waals surface area contributed by atoms with Crippen LogP contribution >= 0.6 is 0 Å². The van der Waals surface area contributed by atoms with Gasteiger partial charge >= 0.3 is 0 Å². The summed E-state index contributed by atoms with van der Waals surface area (Å²) < 4.78 is 12.9. The largest absolute Gasteiger partial charge is 0.350 e. The molecule has 3 nitrogen and oxygen atoms in total. The fourth-order valence-corrected chi connectivity index (χ4v) is 2.50. The first-order chi connectivity index (χ1) is 8.59. The molecule has 1 aromatic rings. The maximum absolute atomic E-state index is 12.9. The van der Waals surface area contributed by atoms with Gasteiger partial charge in [0.2, 0.25) is 5.95 Å². The molecule has 2 rings (SSSR count). The fourth-order valence-electron chi connectivity index (χ4n) is 2.50. The highest BCUT2D eigenvalue weighted by molar-refractivity contribution is 5.92. The highest BCUT2D eigenvalue weighted by Gasteiger charge is 2.27. The second kappa shape index (κ2) is 5.46. The molecule has 1 amide bonds. The molecular formula is C14H19FN2O. The Kier molecular flexibility index (Phi) is 3.94. The molecule has 0 saturated heterocycles. The monoisotopic (exact) mass is 250 g/mol. The van der Waals surface area contributed by atoms with Crippen molar-refractivity contribution >= 4 is 5.91 Å². The van der Waals surface area contributed by atoms with Crippen LogP contribution in [0.15, 0.2) is 18.2 Å². The average molecular weight is 250 g/mol. The van der Waals surface area contributed by atoms with Crippen molar-refractivity contribution in [1.82, 2.24) is 10.3 Å². The molecule has 0 aromatic carbocycles. The van der Waals surface area contributed by atoms with Crippen LogP contribution < -0.4 is 5.32 Å². The molecule has 0 aliphatic heterocycles. The summed E-state index contributed by atoms with van der Waals surface area (Å²) in [4.78, 5) is 15.4. The Balaban J connectivity index is 1.92. The molecule has 1 aliphatic carbocycles. The number of nitrogens with one attached hydrogen (secondary N) is 1. The van der Waals surface area contributed by atoms with Crippen molar-refractivity contribution in [1.29, 1.82) is 0 Å². The van der Waals surface area contributed by atoms with Crippen LogP contribution in [0.2, 0.25) is 0 Å². The van der Waals surface area contributed by atoms with Crippen molar-refractivity contribution in [3.63, 3.8) is 0 Å². The molecule has 0 radical (unpaired) electrons. The molecule has 1 fully saturated rings. The summed E-state index contributed by atoms with van der Waals surface area (Å²) in [7, 11) is 0. The van der Waals surface area contributed by atoms with Crippen LogP contribution in [-0.2, 0) is 0 Å². The molecule has 0 unspecified atom stereocenters. The Labute approximate surface area is 107 Å². The summed E-state index contributed by atoms with van der Waals surface area (Å²) in [5, 5.41) is 2.87.